The van der Waals surface area contributed by atoms with Gasteiger partial charge in [0.2, 0.25) is 0 Å². The number of benzene rings is 2. The molecule has 0 aliphatic heterocycles. The van der Waals surface area contributed by atoms with Crippen molar-refractivity contribution in [2.45, 2.75) is 24.9 Å². The molecule has 0 amide bonds. The second kappa shape index (κ2) is 6.29. The molecule has 1 aliphatic rings. The van der Waals surface area contributed by atoms with E-state index in [0.717, 1.165) is 11.5 Å². The maximum Gasteiger partial charge on any atom is 0.127 e. The summed E-state index contributed by atoms with van der Waals surface area (Å²) in [6, 6.07) is 19.1. The van der Waals surface area contributed by atoms with Crippen molar-refractivity contribution in [1.29, 1.82) is 0 Å². The van der Waals surface area contributed by atoms with Crippen molar-refractivity contribution >= 4 is 0 Å². The molecule has 110 valence electrons. The van der Waals surface area contributed by atoms with Gasteiger partial charge in [-0.3, -0.25) is 4.90 Å². The SMILES string of the molecule is CN(C1CC1)C(CN)c1cccc(Oc2ccccc2)c1. The Morgan fingerprint density at radius 2 is 1.81 bits per heavy atom. The van der Waals surface area contributed by atoms with Crippen molar-refractivity contribution < 1.29 is 4.74 Å². The van der Waals surface area contributed by atoms with E-state index in [1.165, 1.54) is 18.4 Å². The predicted molar refractivity (Wildman–Crippen MR) is 85.5 cm³/mol. The minimum atomic E-state index is 0.261. The monoisotopic (exact) mass is 282 g/mol. The summed E-state index contributed by atoms with van der Waals surface area (Å²) in [5.41, 5.74) is 7.21. The molecular formula is C18H22N2O. The van der Waals surface area contributed by atoms with Crippen LogP contribution in [-0.4, -0.2) is 24.5 Å². The van der Waals surface area contributed by atoms with Gasteiger partial charge in [0.25, 0.3) is 0 Å². The third kappa shape index (κ3) is 3.43. The molecule has 0 saturated heterocycles. The summed E-state index contributed by atoms with van der Waals surface area (Å²) in [6.45, 7) is 0.627. The zero-order chi connectivity index (χ0) is 14.7. The van der Waals surface area contributed by atoms with Crippen LogP contribution in [0, 0.1) is 0 Å². The first-order valence-electron chi connectivity index (χ1n) is 7.53. The summed E-state index contributed by atoms with van der Waals surface area (Å²) in [6.07, 6.45) is 2.57. The van der Waals surface area contributed by atoms with Crippen LogP contribution < -0.4 is 10.5 Å². The van der Waals surface area contributed by atoms with Crippen molar-refractivity contribution in [2.24, 2.45) is 5.73 Å². The molecule has 0 bridgehead atoms. The highest BCUT2D eigenvalue weighted by molar-refractivity contribution is 5.35. The Morgan fingerprint density at radius 3 is 2.48 bits per heavy atom. The summed E-state index contributed by atoms with van der Waals surface area (Å²) >= 11 is 0. The van der Waals surface area contributed by atoms with Crippen LogP contribution in [0.5, 0.6) is 11.5 Å². The molecule has 0 radical (unpaired) electrons. The summed E-state index contributed by atoms with van der Waals surface area (Å²) in [7, 11) is 2.17. The number of nitrogens with two attached hydrogens (primary N) is 1. The molecule has 3 nitrogen and oxygen atoms in total. The quantitative estimate of drug-likeness (QED) is 0.880. The summed E-state index contributed by atoms with van der Waals surface area (Å²) in [4.78, 5) is 2.39. The fourth-order valence-corrected chi connectivity index (χ4v) is 2.68. The van der Waals surface area contributed by atoms with E-state index >= 15 is 0 Å². The Hall–Kier alpha value is -1.84. The number of nitrogens with zero attached hydrogens (tertiary/aromatic N) is 1. The van der Waals surface area contributed by atoms with Gasteiger partial charge < -0.3 is 10.5 Å². The Bertz CT molecular complexity index is 581. The van der Waals surface area contributed by atoms with E-state index in [1.807, 2.05) is 42.5 Å². The minimum Gasteiger partial charge on any atom is -0.457 e. The lowest BCUT2D eigenvalue weighted by Gasteiger charge is -2.27. The normalized spacial score (nSPS) is 16.0. The molecule has 1 unspecified atom stereocenters. The van der Waals surface area contributed by atoms with E-state index in [4.69, 9.17) is 10.5 Å². The highest BCUT2D eigenvalue weighted by Crippen LogP contribution is 2.33. The van der Waals surface area contributed by atoms with E-state index in [-0.39, 0.29) is 6.04 Å². The third-order valence-electron chi connectivity index (χ3n) is 4.06. The first-order valence-corrected chi connectivity index (χ1v) is 7.53. The van der Waals surface area contributed by atoms with Crippen LogP contribution in [0.4, 0.5) is 0 Å². The number of rotatable bonds is 6. The lowest BCUT2D eigenvalue weighted by atomic mass is 10.1. The standard InChI is InChI=1S/C18H22N2O/c1-20(15-10-11-15)18(13-19)14-6-5-9-17(12-14)21-16-7-3-2-4-8-16/h2-9,12,15,18H,10-11,13,19H2,1H3. The van der Waals surface area contributed by atoms with Crippen LogP contribution in [0.2, 0.25) is 0 Å². The average Bonchev–Trinajstić information content (AvgIpc) is 3.34. The van der Waals surface area contributed by atoms with Gasteiger partial charge in [-0.1, -0.05) is 30.3 Å². The Balaban J connectivity index is 1.78. The van der Waals surface area contributed by atoms with Crippen LogP contribution in [0.15, 0.2) is 54.6 Å². The fraction of sp³-hybridized carbons (Fsp3) is 0.333. The minimum absolute atomic E-state index is 0.261. The van der Waals surface area contributed by atoms with Crippen LogP contribution in [0.3, 0.4) is 0 Å². The van der Waals surface area contributed by atoms with Gasteiger partial charge in [0, 0.05) is 18.6 Å². The molecule has 0 spiro atoms. The molecule has 1 saturated carbocycles. The van der Waals surface area contributed by atoms with Gasteiger partial charge in [0.05, 0.1) is 0 Å². The first kappa shape index (κ1) is 14.1. The second-order valence-electron chi connectivity index (χ2n) is 5.64. The lowest BCUT2D eigenvalue weighted by Crippen LogP contribution is -2.32. The Labute approximate surface area is 126 Å². The van der Waals surface area contributed by atoms with Gasteiger partial charge in [-0.15, -0.1) is 0 Å². The molecular weight excluding hydrogens is 260 g/mol. The summed E-state index contributed by atoms with van der Waals surface area (Å²) in [5.74, 6) is 1.72. The molecule has 2 N–H and O–H groups in total. The van der Waals surface area contributed by atoms with Crippen LogP contribution >= 0.6 is 0 Å². The number of likely N-dealkylation sites (N-methyl/N-ethyl adjacent to an activating group) is 1. The predicted octanol–water partition coefficient (Wildman–Crippen LogP) is 3.57. The van der Waals surface area contributed by atoms with E-state index in [2.05, 4.69) is 24.1 Å². The lowest BCUT2D eigenvalue weighted by molar-refractivity contribution is 0.239. The fourth-order valence-electron chi connectivity index (χ4n) is 2.68. The molecule has 2 aromatic carbocycles. The van der Waals surface area contributed by atoms with Crippen molar-refractivity contribution in [1.82, 2.24) is 4.90 Å². The number of hydrogen-bond donors (Lipinski definition) is 1. The molecule has 1 fully saturated rings. The number of para-hydroxylation sites is 1. The van der Waals surface area contributed by atoms with Crippen LogP contribution in [0.1, 0.15) is 24.4 Å². The number of hydrogen-bond acceptors (Lipinski definition) is 3. The molecule has 21 heavy (non-hydrogen) atoms. The van der Waals surface area contributed by atoms with E-state index < -0.39 is 0 Å². The van der Waals surface area contributed by atoms with Gasteiger partial charge >= 0.3 is 0 Å². The molecule has 0 aromatic heterocycles. The third-order valence-corrected chi connectivity index (χ3v) is 4.06. The topological polar surface area (TPSA) is 38.5 Å². The van der Waals surface area contributed by atoms with Gasteiger partial charge in [-0.25, -0.2) is 0 Å². The second-order valence-corrected chi connectivity index (χ2v) is 5.64. The molecule has 1 atom stereocenters. The number of ether oxygens (including phenoxy) is 1. The zero-order valence-electron chi connectivity index (χ0n) is 12.4. The average molecular weight is 282 g/mol. The molecule has 0 heterocycles. The zero-order valence-corrected chi connectivity index (χ0v) is 12.4. The molecule has 3 heteroatoms. The molecule has 1 aliphatic carbocycles. The summed E-state index contributed by atoms with van der Waals surface area (Å²) in [5, 5.41) is 0. The van der Waals surface area contributed by atoms with Gasteiger partial charge in [0.1, 0.15) is 11.5 Å². The van der Waals surface area contributed by atoms with Crippen molar-refractivity contribution in [2.75, 3.05) is 13.6 Å². The molecule has 3 rings (SSSR count). The smallest absolute Gasteiger partial charge is 0.127 e. The largest absolute Gasteiger partial charge is 0.457 e. The molecule has 2 aromatic rings. The van der Waals surface area contributed by atoms with E-state index in [1.54, 1.807) is 0 Å². The Morgan fingerprint density at radius 1 is 1.10 bits per heavy atom. The first-order chi connectivity index (χ1) is 10.3. The van der Waals surface area contributed by atoms with Gasteiger partial charge in [-0.05, 0) is 49.7 Å². The maximum absolute atomic E-state index is 5.99. The summed E-state index contributed by atoms with van der Waals surface area (Å²) < 4.78 is 5.91. The van der Waals surface area contributed by atoms with Gasteiger partial charge in [-0.2, -0.15) is 0 Å². The Kier molecular flexibility index (Phi) is 4.23. The van der Waals surface area contributed by atoms with E-state index in [0.29, 0.717) is 12.6 Å². The van der Waals surface area contributed by atoms with E-state index in [9.17, 15) is 0 Å². The van der Waals surface area contributed by atoms with Crippen molar-refractivity contribution in [3.8, 4) is 11.5 Å². The highest BCUT2D eigenvalue weighted by atomic mass is 16.5. The van der Waals surface area contributed by atoms with Crippen molar-refractivity contribution in [3.63, 3.8) is 0 Å². The van der Waals surface area contributed by atoms with Gasteiger partial charge in [0.15, 0.2) is 0 Å². The van der Waals surface area contributed by atoms with Crippen LogP contribution in [-0.2, 0) is 0 Å². The highest BCUT2D eigenvalue weighted by Gasteiger charge is 2.31. The van der Waals surface area contributed by atoms with Crippen molar-refractivity contribution in [3.05, 3.63) is 60.2 Å². The maximum atomic E-state index is 5.99. The van der Waals surface area contributed by atoms with Crippen LogP contribution in [0.25, 0.3) is 0 Å².